The van der Waals surface area contributed by atoms with Crippen LogP contribution in [-0.4, -0.2) is 20.1 Å². The zero-order chi connectivity index (χ0) is 16.8. The standard InChI is InChI=1S/C19H21NO3/c1-13-7-5-8-16(14(13)2)20-19(21)12-11-15-17(22-3)9-6-10-18(15)23-4/h5-12H,1-4H3,(H,20,21). The summed E-state index contributed by atoms with van der Waals surface area (Å²) in [6, 6.07) is 11.3. The third-order valence-corrected chi connectivity index (χ3v) is 3.73. The van der Waals surface area contributed by atoms with Crippen molar-refractivity contribution in [3.63, 3.8) is 0 Å². The van der Waals surface area contributed by atoms with E-state index in [-0.39, 0.29) is 5.91 Å². The second kappa shape index (κ2) is 7.49. The van der Waals surface area contributed by atoms with Crippen molar-refractivity contribution >= 4 is 17.7 Å². The van der Waals surface area contributed by atoms with Gasteiger partial charge in [0.05, 0.1) is 19.8 Å². The van der Waals surface area contributed by atoms with Gasteiger partial charge < -0.3 is 14.8 Å². The summed E-state index contributed by atoms with van der Waals surface area (Å²) in [5.41, 5.74) is 3.74. The summed E-state index contributed by atoms with van der Waals surface area (Å²) in [6.07, 6.45) is 3.17. The van der Waals surface area contributed by atoms with Gasteiger partial charge in [0.25, 0.3) is 0 Å². The number of nitrogens with one attached hydrogen (secondary N) is 1. The van der Waals surface area contributed by atoms with Gasteiger partial charge >= 0.3 is 0 Å². The van der Waals surface area contributed by atoms with E-state index < -0.39 is 0 Å². The van der Waals surface area contributed by atoms with Gasteiger partial charge in [0, 0.05) is 11.8 Å². The van der Waals surface area contributed by atoms with Gasteiger partial charge in [-0.25, -0.2) is 0 Å². The minimum Gasteiger partial charge on any atom is -0.496 e. The number of hydrogen-bond donors (Lipinski definition) is 1. The molecule has 4 heteroatoms. The number of methoxy groups -OCH3 is 2. The van der Waals surface area contributed by atoms with Crippen LogP contribution in [-0.2, 0) is 4.79 Å². The second-order valence-electron chi connectivity index (χ2n) is 5.15. The number of carbonyl (C=O) groups excluding carboxylic acids is 1. The van der Waals surface area contributed by atoms with Crippen LogP contribution >= 0.6 is 0 Å². The van der Waals surface area contributed by atoms with Gasteiger partial charge in [-0.2, -0.15) is 0 Å². The smallest absolute Gasteiger partial charge is 0.248 e. The molecule has 0 radical (unpaired) electrons. The van der Waals surface area contributed by atoms with Crippen molar-refractivity contribution in [2.45, 2.75) is 13.8 Å². The normalized spacial score (nSPS) is 10.6. The van der Waals surface area contributed by atoms with Crippen molar-refractivity contribution in [1.82, 2.24) is 0 Å². The molecular weight excluding hydrogens is 290 g/mol. The van der Waals surface area contributed by atoms with E-state index in [1.807, 2.05) is 50.2 Å². The molecule has 4 nitrogen and oxygen atoms in total. The predicted octanol–water partition coefficient (Wildman–Crippen LogP) is 3.97. The lowest BCUT2D eigenvalue weighted by molar-refractivity contribution is -0.111. The lowest BCUT2D eigenvalue weighted by Crippen LogP contribution is -2.09. The maximum absolute atomic E-state index is 12.2. The fraction of sp³-hybridized carbons (Fsp3) is 0.211. The maximum atomic E-state index is 12.2. The van der Waals surface area contributed by atoms with Gasteiger partial charge in [-0.1, -0.05) is 18.2 Å². The maximum Gasteiger partial charge on any atom is 0.248 e. The molecule has 0 saturated heterocycles. The Morgan fingerprint density at radius 3 is 2.22 bits per heavy atom. The van der Waals surface area contributed by atoms with Gasteiger partial charge in [0.15, 0.2) is 0 Å². The zero-order valence-corrected chi connectivity index (χ0v) is 13.8. The topological polar surface area (TPSA) is 47.6 Å². The van der Waals surface area contributed by atoms with E-state index in [1.165, 1.54) is 6.08 Å². The molecule has 0 bridgehead atoms. The highest BCUT2D eigenvalue weighted by Gasteiger charge is 2.08. The minimum atomic E-state index is -0.202. The number of carbonyl (C=O) groups is 1. The summed E-state index contributed by atoms with van der Waals surface area (Å²) in [7, 11) is 3.17. The van der Waals surface area contributed by atoms with Crippen LogP contribution in [0.1, 0.15) is 16.7 Å². The SMILES string of the molecule is COc1cccc(OC)c1C=CC(=O)Nc1cccc(C)c1C. The Kier molecular flexibility index (Phi) is 5.41. The van der Waals surface area contributed by atoms with Gasteiger partial charge in [-0.05, 0) is 49.2 Å². The van der Waals surface area contributed by atoms with E-state index in [2.05, 4.69) is 5.32 Å². The number of hydrogen-bond acceptors (Lipinski definition) is 3. The highest BCUT2D eigenvalue weighted by Crippen LogP contribution is 2.29. The molecule has 2 rings (SSSR count). The number of anilines is 1. The van der Waals surface area contributed by atoms with Crippen molar-refractivity contribution < 1.29 is 14.3 Å². The Hall–Kier alpha value is -2.75. The van der Waals surface area contributed by atoms with Crippen LogP contribution in [0.25, 0.3) is 6.08 Å². The Bertz CT molecular complexity index is 713. The summed E-state index contributed by atoms with van der Waals surface area (Å²) in [5, 5.41) is 2.89. The van der Waals surface area contributed by atoms with E-state index in [4.69, 9.17) is 9.47 Å². The van der Waals surface area contributed by atoms with Gasteiger partial charge in [-0.3, -0.25) is 4.79 Å². The molecule has 0 unspecified atom stereocenters. The highest BCUT2D eigenvalue weighted by atomic mass is 16.5. The van der Waals surface area contributed by atoms with Crippen LogP contribution in [0.2, 0.25) is 0 Å². The number of benzene rings is 2. The molecule has 0 heterocycles. The first kappa shape index (κ1) is 16.6. The van der Waals surface area contributed by atoms with E-state index in [9.17, 15) is 4.79 Å². The van der Waals surface area contributed by atoms with Crippen LogP contribution in [0.15, 0.2) is 42.5 Å². The first-order valence-electron chi connectivity index (χ1n) is 7.33. The van der Waals surface area contributed by atoms with Gasteiger partial charge in [-0.15, -0.1) is 0 Å². The fourth-order valence-corrected chi connectivity index (χ4v) is 2.26. The van der Waals surface area contributed by atoms with E-state index in [0.717, 1.165) is 22.4 Å². The lowest BCUT2D eigenvalue weighted by Gasteiger charge is -2.10. The van der Waals surface area contributed by atoms with Crippen molar-refractivity contribution in [3.05, 3.63) is 59.2 Å². The molecule has 120 valence electrons. The molecule has 0 aliphatic heterocycles. The van der Waals surface area contributed by atoms with Crippen LogP contribution in [0.4, 0.5) is 5.69 Å². The van der Waals surface area contributed by atoms with Crippen molar-refractivity contribution in [2.24, 2.45) is 0 Å². The largest absolute Gasteiger partial charge is 0.496 e. The Balaban J connectivity index is 2.20. The third kappa shape index (κ3) is 3.92. The Labute approximate surface area is 136 Å². The average Bonchev–Trinajstić information content (AvgIpc) is 2.56. The molecule has 1 amide bonds. The monoisotopic (exact) mass is 311 g/mol. The molecule has 0 aliphatic rings. The summed E-state index contributed by atoms with van der Waals surface area (Å²) < 4.78 is 10.6. The van der Waals surface area contributed by atoms with E-state index in [0.29, 0.717) is 11.5 Å². The number of aryl methyl sites for hydroxylation is 1. The summed E-state index contributed by atoms with van der Waals surface area (Å²) >= 11 is 0. The second-order valence-corrected chi connectivity index (χ2v) is 5.15. The van der Waals surface area contributed by atoms with Crippen molar-refractivity contribution in [1.29, 1.82) is 0 Å². The Morgan fingerprint density at radius 2 is 1.61 bits per heavy atom. The van der Waals surface area contributed by atoms with Crippen molar-refractivity contribution in [2.75, 3.05) is 19.5 Å². The number of amides is 1. The molecule has 1 N–H and O–H groups in total. The third-order valence-electron chi connectivity index (χ3n) is 3.73. The lowest BCUT2D eigenvalue weighted by atomic mass is 10.1. The van der Waals surface area contributed by atoms with Gasteiger partial charge in [0.1, 0.15) is 11.5 Å². The van der Waals surface area contributed by atoms with Crippen LogP contribution in [0.3, 0.4) is 0 Å². The molecule has 2 aromatic carbocycles. The molecular formula is C19H21NO3. The fourth-order valence-electron chi connectivity index (χ4n) is 2.26. The average molecular weight is 311 g/mol. The molecule has 23 heavy (non-hydrogen) atoms. The molecule has 0 saturated carbocycles. The molecule has 2 aromatic rings. The quantitative estimate of drug-likeness (QED) is 0.850. The van der Waals surface area contributed by atoms with Crippen LogP contribution < -0.4 is 14.8 Å². The molecule has 0 spiro atoms. The van der Waals surface area contributed by atoms with E-state index >= 15 is 0 Å². The molecule has 0 atom stereocenters. The predicted molar refractivity (Wildman–Crippen MR) is 93.1 cm³/mol. The highest BCUT2D eigenvalue weighted by molar-refractivity contribution is 6.02. The summed E-state index contributed by atoms with van der Waals surface area (Å²) in [4.78, 5) is 12.2. The van der Waals surface area contributed by atoms with Crippen molar-refractivity contribution in [3.8, 4) is 11.5 Å². The summed E-state index contributed by atoms with van der Waals surface area (Å²) in [6.45, 7) is 4.00. The first-order chi connectivity index (χ1) is 11.1. The van der Waals surface area contributed by atoms with Gasteiger partial charge in [0.2, 0.25) is 5.91 Å². The first-order valence-corrected chi connectivity index (χ1v) is 7.33. The number of ether oxygens (including phenoxy) is 2. The molecule has 0 fully saturated rings. The van der Waals surface area contributed by atoms with Crippen LogP contribution in [0, 0.1) is 13.8 Å². The Morgan fingerprint density at radius 1 is 1.00 bits per heavy atom. The molecule has 0 aliphatic carbocycles. The number of rotatable bonds is 5. The van der Waals surface area contributed by atoms with E-state index in [1.54, 1.807) is 20.3 Å². The molecule has 0 aromatic heterocycles. The van der Waals surface area contributed by atoms with Crippen LogP contribution in [0.5, 0.6) is 11.5 Å². The minimum absolute atomic E-state index is 0.202. The summed E-state index contributed by atoms with van der Waals surface area (Å²) in [5.74, 6) is 1.10. The zero-order valence-electron chi connectivity index (χ0n) is 13.8.